The predicted molar refractivity (Wildman–Crippen MR) is 155 cm³/mol. The summed E-state index contributed by atoms with van der Waals surface area (Å²) in [6.07, 6.45) is 12.9. The predicted octanol–water partition coefficient (Wildman–Crippen LogP) is 4.33. The van der Waals surface area contributed by atoms with Crippen LogP contribution in [0.5, 0.6) is 5.75 Å². The van der Waals surface area contributed by atoms with E-state index in [1.54, 1.807) is 42.6 Å². The van der Waals surface area contributed by atoms with Crippen LogP contribution < -0.4 is 16.1 Å². The molecular formula is C30H31N7O4. The molecule has 0 saturated heterocycles. The molecule has 0 aliphatic heterocycles. The van der Waals surface area contributed by atoms with Crippen LogP contribution in [0.15, 0.2) is 80.2 Å². The molecule has 0 atom stereocenters. The number of H-pyrrole nitrogens is 1. The Balaban J connectivity index is 1.52. The molecule has 1 aliphatic carbocycles. The zero-order valence-corrected chi connectivity index (χ0v) is 23.0. The molecule has 0 spiro atoms. The summed E-state index contributed by atoms with van der Waals surface area (Å²) in [7, 11) is 1.54. The number of allylic oxidation sites excluding steroid dienone is 2. The third-order valence-electron chi connectivity index (χ3n) is 6.80. The fraction of sp³-hybridized carbons (Fsp3) is 0.300. The second kappa shape index (κ2) is 12.5. The first-order valence-corrected chi connectivity index (χ1v) is 13.5. The molecule has 11 heteroatoms. The lowest BCUT2D eigenvalue weighted by atomic mass is 10.0. The number of aromatic amines is 1. The number of rotatable bonds is 12. The Kier molecular flexibility index (Phi) is 8.42. The minimum Gasteiger partial charge on any atom is -0.494 e. The molecule has 0 amide bonds. The summed E-state index contributed by atoms with van der Waals surface area (Å²) in [6, 6.07) is 7.35. The molecule has 210 valence electrons. The van der Waals surface area contributed by atoms with E-state index in [9.17, 15) is 9.59 Å². The number of ether oxygens (including phenoxy) is 1. The highest BCUT2D eigenvalue weighted by molar-refractivity contribution is 5.89. The molecule has 4 aromatic rings. The van der Waals surface area contributed by atoms with Gasteiger partial charge in [-0.15, -0.1) is 0 Å². The van der Waals surface area contributed by atoms with E-state index < -0.39 is 5.76 Å². The van der Waals surface area contributed by atoms with Crippen molar-refractivity contribution in [2.45, 2.75) is 51.4 Å². The molecular weight excluding hydrogens is 522 g/mol. The van der Waals surface area contributed by atoms with Crippen molar-refractivity contribution in [3.63, 3.8) is 0 Å². The topological polar surface area (TPSA) is 141 Å². The molecule has 1 aliphatic rings. The Morgan fingerprint density at radius 1 is 1.24 bits per heavy atom. The molecule has 3 heterocycles. The standard InChI is InChI=1S/C30H31N7O4/c1-4-6-11-25-24(28(38)37(27(34-25)20-12-13-20)29-32-17-22(40-3)18-33-29)14-19(5-2)15-31-16-21-9-7-8-10-23(21)26-35-30(39)41-36-26/h5,7-10,15-18,20H,2,4,6,11-14H2,1,3H3,(H,35,36,39)/b19-15+,31-16?. The van der Waals surface area contributed by atoms with Gasteiger partial charge >= 0.3 is 5.76 Å². The van der Waals surface area contributed by atoms with Crippen molar-refractivity contribution >= 4 is 6.21 Å². The van der Waals surface area contributed by atoms with Crippen LogP contribution in [0.2, 0.25) is 0 Å². The summed E-state index contributed by atoms with van der Waals surface area (Å²) in [4.78, 5) is 46.4. The summed E-state index contributed by atoms with van der Waals surface area (Å²) < 4.78 is 11.4. The number of nitrogens with one attached hydrogen (secondary N) is 1. The minimum atomic E-state index is -0.633. The van der Waals surface area contributed by atoms with Crippen LogP contribution in [-0.4, -0.2) is 43.0 Å². The molecule has 0 radical (unpaired) electrons. The Bertz CT molecular complexity index is 1710. The summed E-state index contributed by atoms with van der Waals surface area (Å²) in [5, 5.41) is 3.77. The molecule has 3 aromatic heterocycles. The Labute approximate surface area is 236 Å². The van der Waals surface area contributed by atoms with Crippen molar-refractivity contribution in [3.8, 4) is 23.1 Å². The number of benzene rings is 1. The highest BCUT2D eigenvalue weighted by atomic mass is 16.5. The normalized spacial score (nSPS) is 13.6. The van der Waals surface area contributed by atoms with Gasteiger partial charge < -0.3 is 4.74 Å². The lowest BCUT2D eigenvalue weighted by Crippen LogP contribution is -2.30. The van der Waals surface area contributed by atoms with Crippen molar-refractivity contribution in [2.75, 3.05) is 7.11 Å². The zero-order chi connectivity index (χ0) is 28.8. The largest absolute Gasteiger partial charge is 0.494 e. The number of nitrogens with zero attached hydrogens (tertiary/aromatic N) is 6. The molecule has 41 heavy (non-hydrogen) atoms. The molecule has 1 N–H and O–H groups in total. The average molecular weight is 554 g/mol. The van der Waals surface area contributed by atoms with E-state index in [1.165, 1.54) is 0 Å². The maximum absolute atomic E-state index is 14.1. The highest BCUT2D eigenvalue weighted by Gasteiger charge is 2.31. The lowest BCUT2D eigenvalue weighted by molar-refractivity contribution is 0.388. The maximum atomic E-state index is 14.1. The molecule has 1 aromatic carbocycles. The molecule has 1 saturated carbocycles. The van der Waals surface area contributed by atoms with Gasteiger partial charge in [-0.05, 0) is 31.3 Å². The first-order chi connectivity index (χ1) is 20.0. The fourth-order valence-corrected chi connectivity index (χ4v) is 4.44. The number of methoxy groups -OCH3 is 1. The summed E-state index contributed by atoms with van der Waals surface area (Å²) in [5.74, 6) is 1.38. The van der Waals surface area contributed by atoms with E-state index in [1.807, 2.05) is 24.3 Å². The first-order valence-electron chi connectivity index (χ1n) is 13.5. The number of unbranched alkanes of at least 4 members (excludes halogenated alkanes) is 1. The summed E-state index contributed by atoms with van der Waals surface area (Å²) in [6.45, 7) is 6.07. The van der Waals surface area contributed by atoms with E-state index >= 15 is 0 Å². The van der Waals surface area contributed by atoms with Crippen LogP contribution in [-0.2, 0) is 12.8 Å². The third kappa shape index (κ3) is 6.29. The first kappa shape index (κ1) is 27.6. The number of aryl methyl sites for hydroxylation is 1. The molecule has 11 nitrogen and oxygen atoms in total. The summed E-state index contributed by atoms with van der Waals surface area (Å²) in [5.41, 5.74) is 3.32. The van der Waals surface area contributed by atoms with Crippen LogP contribution in [0.25, 0.3) is 17.3 Å². The molecule has 0 bridgehead atoms. The number of aromatic nitrogens is 6. The van der Waals surface area contributed by atoms with E-state index in [0.29, 0.717) is 41.4 Å². The van der Waals surface area contributed by atoms with Gasteiger partial charge in [0.15, 0.2) is 11.6 Å². The van der Waals surface area contributed by atoms with Gasteiger partial charge in [0.25, 0.3) is 5.56 Å². The maximum Gasteiger partial charge on any atom is 0.439 e. The van der Waals surface area contributed by atoms with Gasteiger partial charge in [0, 0.05) is 41.4 Å². The lowest BCUT2D eigenvalue weighted by Gasteiger charge is -2.16. The molecule has 0 unspecified atom stereocenters. The van der Waals surface area contributed by atoms with Crippen LogP contribution in [0, 0.1) is 0 Å². The van der Waals surface area contributed by atoms with Crippen molar-refractivity contribution in [1.29, 1.82) is 0 Å². The van der Waals surface area contributed by atoms with Crippen LogP contribution in [0.4, 0.5) is 0 Å². The smallest absolute Gasteiger partial charge is 0.439 e. The number of aliphatic imine (C=N–C) groups is 1. The Morgan fingerprint density at radius 2 is 2.02 bits per heavy atom. The second-order valence-electron chi connectivity index (χ2n) is 9.73. The number of hydrogen-bond acceptors (Lipinski definition) is 9. The van der Waals surface area contributed by atoms with Gasteiger partial charge in [0.1, 0.15) is 5.82 Å². The van der Waals surface area contributed by atoms with Crippen molar-refractivity contribution in [2.24, 2.45) is 4.99 Å². The summed E-state index contributed by atoms with van der Waals surface area (Å²) >= 11 is 0. The van der Waals surface area contributed by atoms with Crippen LogP contribution >= 0.6 is 0 Å². The van der Waals surface area contributed by atoms with E-state index in [4.69, 9.17) is 9.72 Å². The van der Waals surface area contributed by atoms with Gasteiger partial charge in [-0.25, -0.2) is 24.3 Å². The van der Waals surface area contributed by atoms with E-state index in [2.05, 4.69) is 43.1 Å². The fourth-order valence-electron chi connectivity index (χ4n) is 4.44. The number of hydrogen-bond donors (Lipinski definition) is 1. The monoisotopic (exact) mass is 553 g/mol. The van der Waals surface area contributed by atoms with Gasteiger partial charge in [0.2, 0.25) is 5.95 Å². The van der Waals surface area contributed by atoms with Gasteiger partial charge in [-0.3, -0.25) is 19.3 Å². The second-order valence-corrected chi connectivity index (χ2v) is 9.73. The van der Waals surface area contributed by atoms with Crippen molar-refractivity contribution in [3.05, 3.63) is 105 Å². The van der Waals surface area contributed by atoms with Gasteiger partial charge in [0.05, 0.1) is 25.2 Å². The van der Waals surface area contributed by atoms with Gasteiger partial charge in [-0.1, -0.05) is 55.4 Å². The minimum absolute atomic E-state index is 0.185. The van der Waals surface area contributed by atoms with Crippen LogP contribution in [0.3, 0.4) is 0 Å². The quantitative estimate of drug-likeness (QED) is 0.202. The third-order valence-corrected chi connectivity index (χ3v) is 6.80. The van der Waals surface area contributed by atoms with E-state index in [-0.39, 0.29) is 17.4 Å². The van der Waals surface area contributed by atoms with E-state index in [0.717, 1.165) is 42.5 Å². The average Bonchev–Trinajstić information content (AvgIpc) is 3.76. The molecule has 1 fully saturated rings. The highest BCUT2D eigenvalue weighted by Crippen LogP contribution is 2.39. The molecule has 5 rings (SSSR count). The van der Waals surface area contributed by atoms with Crippen molar-refractivity contribution in [1.82, 2.24) is 29.7 Å². The van der Waals surface area contributed by atoms with Crippen molar-refractivity contribution < 1.29 is 9.26 Å². The van der Waals surface area contributed by atoms with Gasteiger partial charge in [-0.2, -0.15) is 0 Å². The van der Waals surface area contributed by atoms with Crippen LogP contribution in [0.1, 0.15) is 61.2 Å². The Hall–Kier alpha value is -4.93. The SMILES string of the molecule is C=C/C(=C\N=Cc1ccccc1-c1noc(=O)[nH]1)Cc1c(CCCC)nc(C2CC2)n(-c2ncc(OC)cn2)c1=O. The zero-order valence-electron chi connectivity index (χ0n) is 23.0. The Morgan fingerprint density at radius 3 is 2.68 bits per heavy atom.